The Morgan fingerprint density at radius 1 is 1.38 bits per heavy atom. The molecule has 4 nitrogen and oxygen atoms in total. The third-order valence-corrected chi connectivity index (χ3v) is 4.15. The maximum atomic E-state index is 12.6. The van der Waals surface area contributed by atoms with Crippen molar-refractivity contribution in [3.8, 4) is 0 Å². The van der Waals surface area contributed by atoms with Crippen molar-refractivity contribution in [2.45, 2.75) is 19.4 Å². The highest BCUT2D eigenvalue weighted by molar-refractivity contribution is 7.98. The second kappa shape index (κ2) is 7.31. The average molecular weight is 303 g/mol. The number of nitrogens with one attached hydrogen (secondary N) is 2. The summed E-state index contributed by atoms with van der Waals surface area (Å²) in [6.45, 7) is 2.09. The summed E-state index contributed by atoms with van der Waals surface area (Å²) in [6, 6.07) is 9.72. The molecule has 1 heterocycles. The third-order valence-electron chi connectivity index (χ3n) is 3.41. The van der Waals surface area contributed by atoms with Crippen LogP contribution in [0.4, 0.5) is 5.82 Å². The lowest BCUT2D eigenvalue weighted by Gasteiger charge is -2.17. The summed E-state index contributed by atoms with van der Waals surface area (Å²) in [5.74, 6) is 1.59. The minimum atomic E-state index is -0.0361. The molecule has 0 bridgehead atoms. The predicted molar refractivity (Wildman–Crippen MR) is 91.2 cm³/mol. The number of carbonyl (C=O) groups is 1. The third kappa shape index (κ3) is 3.67. The molecule has 0 saturated carbocycles. The molecular formula is C16H21N3OS. The highest BCUT2D eigenvalue weighted by Crippen LogP contribution is 2.21. The second-order valence-electron chi connectivity index (χ2n) is 4.86. The first-order chi connectivity index (χ1) is 10.2. The van der Waals surface area contributed by atoms with Crippen LogP contribution in [0.15, 0.2) is 30.3 Å². The van der Waals surface area contributed by atoms with Crippen molar-refractivity contribution in [2.75, 3.05) is 24.4 Å². The van der Waals surface area contributed by atoms with Gasteiger partial charge in [0.1, 0.15) is 5.82 Å². The molecular weight excluding hydrogens is 282 g/mol. The lowest BCUT2D eigenvalue weighted by atomic mass is 10.1. The van der Waals surface area contributed by atoms with Gasteiger partial charge in [-0.05, 0) is 24.8 Å². The second-order valence-corrected chi connectivity index (χ2v) is 5.77. The van der Waals surface area contributed by atoms with Crippen molar-refractivity contribution < 1.29 is 4.79 Å². The molecule has 1 unspecified atom stereocenters. The first-order valence-corrected chi connectivity index (χ1v) is 8.46. The van der Waals surface area contributed by atoms with Crippen molar-refractivity contribution in [1.82, 2.24) is 10.3 Å². The van der Waals surface area contributed by atoms with E-state index in [1.165, 1.54) is 0 Å². The van der Waals surface area contributed by atoms with Crippen LogP contribution in [0.5, 0.6) is 0 Å². The summed E-state index contributed by atoms with van der Waals surface area (Å²) in [5, 5.41) is 7.01. The van der Waals surface area contributed by atoms with E-state index in [0.717, 1.165) is 23.1 Å². The maximum Gasteiger partial charge on any atom is 0.252 e. The van der Waals surface area contributed by atoms with Gasteiger partial charge in [-0.25, -0.2) is 4.98 Å². The van der Waals surface area contributed by atoms with E-state index in [0.29, 0.717) is 11.4 Å². The predicted octanol–water partition coefficient (Wildman–Crippen LogP) is 3.15. The van der Waals surface area contributed by atoms with Gasteiger partial charge in [-0.1, -0.05) is 25.1 Å². The van der Waals surface area contributed by atoms with Gasteiger partial charge in [-0.2, -0.15) is 11.8 Å². The van der Waals surface area contributed by atoms with Gasteiger partial charge in [0, 0.05) is 24.2 Å². The van der Waals surface area contributed by atoms with Gasteiger partial charge in [0.15, 0.2) is 0 Å². The van der Waals surface area contributed by atoms with Crippen LogP contribution in [0.2, 0.25) is 0 Å². The number of fused-ring (bicyclic) bond motifs is 1. The smallest absolute Gasteiger partial charge is 0.252 e. The van der Waals surface area contributed by atoms with E-state index < -0.39 is 0 Å². The van der Waals surface area contributed by atoms with Crippen LogP contribution in [0.1, 0.15) is 23.7 Å². The number of hydrogen-bond acceptors (Lipinski definition) is 4. The Morgan fingerprint density at radius 3 is 2.81 bits per heavy atom. The Hall–Kier alpha value is -1.75. The van der Waals surface area contributed by atoms with Gasteiger partial charge in [0.05, 0.1) is 11.1 Å². The normalized spacial score (nSPS) is 12.1. The van der Waals surface area contributed by atoms with Crippen molar-refractivity contribution in [1.29, 1.82) is 0 Å². The zero-order valence-corrected chi connectivity index (χ0v) is 13.5. The first kappa shape index (κ1) is 15.6. The van der Waals surface area contributed by atoms with Crippen molar-refractivity contribution in [3.63, 3.8) is 0 Å². The van der Waals surface area contributed by atoms with Crippen LogP contribution < -0.4 is 10.6 Å². The molecule has 0 fully saturated rings. The summed E-state index contributed by atoms with van der Waals surface area (Å²) in [7, 11) is 1.81. The molecule has 5 heteroatoms. The number of pyridine rings is 1. The summed E-state index contributed by atoms with van der Waals surface area (Å²) in [6.07, 6.45) is 2.98. The fourth-order valence-corrected chi connectivity index (χ4v) is 2.94. The number of hydrogen-bond donors (Lipinski definition) is 2. The summed E-state index contributed by atoms with van der Waals surface area (Å²) < 4.78 is 0. The van der Waals surface area contributed by atoms with Gasteiger partial charge in [-0.15, -0.1) is 0 Å². The first-order valence-electron chi connectivity index (χ1n) is 7.07. The van der Waals surface area contributed by atoms with E-state index >= 15 is 0 Å². The van der Waals surface area contributed by atoms with Crippen LogP contribution in [0, 0.1) is 0 Å². The van der Waals surface area contributed by atoms with Crippen LogP contribution in [-0.2, 0) is 0 Å². The van der Waals surface area contributed by atoms with Crippen LogP contribution >= 0.6 is 11.8 Å². The SMILES string of the molecule is CCC(CSC)NC(=O)c1cc(NC)nc2ccccc12. The number of amides is 1. The number of para-hydroxylation sites is 1. The molecule has 2 N–H and O–H groups in total. The molecule has 2 aromatic rings. The highest BCUT2D eigenvalue weighted by atomic mass is 32.2. The Balaban J connectivity index is 2.37. The number of nitrogens with zero attached hydrogens (tertiary/aromatic N) is 1. The topological polar surface area (TPSA) is 54.0 Å². The Labute approximate surface area is 129 Å². The molecule has 0 aliphatic rings. The van der Waals surface area contributed by atoms with E-state index in [-0.39, 0.29) is 11.9 Å². The Morgan fingerprint density at radius 2 is 2.14 bits per heavy atom. The van der Waals surface area contributed by atoms with Crippen LogP contribution in [0.3, 0.4) is 0 Å². The minimum absolute atomic E-state index is 0.0361. The van der Waals surface area contributed by atoms with E-state index in [4.69, 9.17) is 0 Å². The number of benzene rings is 1. The number of anilines is 1. The molecule has 21 heavy (non-hydrogen) atoms. The summed E-state index contributed by atoms with van der Waals surface area (Å²) in [4.78, 5) is 17.1. The Kier molecular flexibility index (Phi) is 5.44. The highest BCUT2D eigenvalue weighted by Gasteiger charge is 2.15. The quantitative estimate of drug-likeness (QED) is 0.861. The summed E-state index contributed by atoms with van der Waals surface area (Å²) in [5.41, 5.74) is 1.50. The molecule has 0 aliphatic carbocycles. The maximum absolute atomic E-state index is 12.6. The molecule has 112 valence electrons. The van der Waals surface area contributed by atoms with E-state index in [2.05, 4.69) is 28.8 Å². The number of aromatic nitrogens is 1. The average Bonchev–Trinajstić information content (AvgIpc) is 2.53. The monoisotopic (exact) mass is 303 g/mol. The van der Waals surface area contributed by atoms with Crippen LogP contribution in [-0.4, -0.2) is 36.0 Å². The van der Waals surface area contributed by atoms with Crippen molar-refractivity contribution >= 4 is 34.4 Å². The molecule has 1 amide bonds. The van der Waals surface area contributed by atoms with Crippen molar-refractivity contribution in [2.24, 2.45) is 0 Å². The zero-order valence-electron chi connectivity index (χ0n) is 12.6. The van der Waals surface area contributed by atoms with Gasteiger partial charge < -0.3 is 10.6 Å². The van der Waals surface area contributed by atoms with E-state index in [9.17, 15) is 4.79 Å². The van der Waals surface area contributed by atoms with Crippen molar-refractivity contribution in [3.05, 3.63) is 35.9 Å². The molecule has 2 rings (SSSR count). The van der Waals surface area contributed by atoms with E-state index in [1.54, 1.807) is 18.8 Å². The number of thioether (sulfide) groups is 1. The molecule has 0 saturated heterocycles. The van der Waals surface area contributed by atoms with Gasteiger partial charge in [0.2, 0.25) is 0 Å². The molecule has 1 aromatic heterocycles. The van der Waals surface area contributed by atoms with Crippen LogP contribution in [0.25, 0.3) is 10.9 Å². The summed E-state index contributed by atoms with van der Waals surface area (Å²) >= 11 is 1.74. The number of rotatable bonds is 6. The molecule has 1 atom stereocenters. The Bertz CT molecular complexity index is 630. The molecule has 1 aromatic carbocycles. The van der Waals surface area contributed by atoms with Gasteiger partial charge in [-0.3, -0.25) is 4.79 Å². The fraction of sp³-hybridized carbons (Fsp3) is 0.375. The van der Waals surface area contributed by atoms with E-state index in [1.807, 2.05) is 30.3 Å². The molecule has 0 aliphatic heterocycles. The molecule has 0 radical (unpaired) electrons. The molecule has 0 spiro atoms. The minimum Gasteiger partial charge on any atom is -0.373 e. The van der Waals surface area contributed by atoms with Gasteiger partial charge in [0.25, 0.3) is 5.91 Å². The number of carbonyl (C=O) groups excluding carboxylic acids is 1. The lowest BCUT2D eigenvalue weighted by Crippen LogP contribution is -2.36. The fourth-order valence-electron chi connectivity index (χ4n) is 2.22. The van der Waals surface area contributed by atoms with Gasteiger partial charge >= 0.3 is 0 Å². The lowest BCUT2D eigenvalue weighted by molar-refractivity contribution is 0.0941. The largest absolute Gasteiger partial charge is 0.373 e. The standard InChI is InChI=1S/C16H21N3OS/c1-4-11(10-21-3)18-16(20)13-9-15(17-2)19-14-8-6-5-7-12(13)14/h5-9,11H,4,10H2,1-3H3,(H,17,19)(H,18,20). The zero-order chi connectivity index (χ0) is 15.2.